The van der Waals surface area contributed by atoms with E-state index in [-0.39, 0.29) is 12.5 Å². The Kier molecular flexibility index (Phi) is 3.40. The summed E-state index contributed by atoms with van der Waals surface area (Å²) < 4.78 is 0. The Hall–Kier alpha value is -1.87. The normalized spacial score (nSPS) is 10.2. The van der Waals surface area contributed by atoms with Gasteiger partial charge in [0.15, 0.2) is 0 Å². The Morgan fingerprint density at radius 1 is 1.35 bits per heavy atom. The first kappa shape index (κ1) is 11.6. The molecule has 0 fully saturated rings. The molecule has 2 rings (SSSR count). The minimum atomic E-state index is -0.176. The molecule has 0 atom stereocenters. The van der Waals surface area contributed by atoms with Crippen LogP contribution in [0.1, 0.15) is 10.4 Å². The molecule has 1 heterocycles. The SMILES string of the molecule is C=C(Cl)CNC(=O)c1ccnc2ccccc12. The summed E-state index contributed by atoms with van der Waals surface area (Å²) in [7, 11) is 0. The van der Waals surface area contributed by atoms with Gasteiger partial charge < -0.3 is 5.32 Å². The van der Waals surface area contributed by atoms with Crippen molar-refractivity contribution in [1.29, 1.82) is 0 Å². The summed E-state index contributed by atoms with van der Waals surface area (Å²) in [5, 5.41) is 3.92. The number of aromatic nitrogens is 1. The molecule has 0 saturated heterocycles. The molecule has 0 aliphatic carbocycles. The van der Waals surface area contributed by atoms with Gasteiger partial charge in [0.2, 0.25) is 0 Å². The summed E-state index contributed by atoms with van der Waals surface area (Å²) in [5.41, 5.74) is 1.39. The topological polar surface area (TPSA) is 42.0 Å². The number of carbonyl (C=O) groups is 1. The van der Waals surface area contributed by atoms with Gasteiger partial charge in [-0.1, -0.05) is 36.4 Å². The van der Waals surface area contributed by atoms with Crippen molar-refractivity contribution in [2.75, 3.05) is 6.54 Å². The zero-order valence-electron chi connectivity index (χ0n) is 9.11. The predicted octanol–water partition coefficient (Wildman–Crippen LogP) is 2.72. The summed E-state index contributed by atoms with van der Waals surface area (Å²) in [4.78, 5) is 16.1. The molecule has 86 valence electrons. The van der Waals surface area contributed by atoms with Crippen LogP contribution in [0.3, 0.4) is 0 Å². The first-order valence-corrected chi connectivity index (χ1v) is 5.51. The standard InChI is InChI=1S/C13H11ClN2O/c1-9(14)8-16-13(17)11-6-7-15-12-5-3-2-4-10(11)12/h2-7H,1,8H2,(H,16,17). The lowest BCUT2D eigenvalue weighted by molar-refractivity contribution is 0.0959. The number of rotatable bonds is 3. The van der Waals surface area contributed by atoms with Crippen molar-refractivity contribution < 1.29 is 4.79 Å². The Bertz CT molecular complexity index is 575. The highest BCUT2D eigenvalue weighted by molar-refractivity contribution is 6.29. The zero-order chi connectivity index (χ0) is 12.3. The molecule has 0 unspecified atom stereocenters. The lowest BCUT2D eigenvalue weighted by Crippen LogP contribution is -2.24. The van der Waals surface area contributed by atoms with Crippen molar-refractivity contribution in [3.05, 3.63) is 53.7 Å². The highest BCUT2D eigenvalue weighted by atomic mass is 35.5. The first-order valence-electron chi connectivity index (χ1n) is 5.13. The Balaban J connectivity index is 2.35. The first-order chi connectivity index (χ1) is 8.18. The van der Waals surface area contributed by atoms with Crippen molar-refractivity contribution in [3.63, 3.8) is 0 Å². The summed E-state index contributed by atoms with van der Waals surface area (Å²) in [5.74, 6) is -0.176. The molecule has 0 saturated carbocycles. The zero-order valence-corrected chi connectivity index (χ0v) is 9.87. The van der Waals surface area contributed by atoms with Gasteiger partial charge in [0.25, 0.3) is 5.91 Å². The highest BCUT2D eigenvalue weighted by Gasteiger charge is 2.09. The van der Waals surface area contributed by atoms with Crippen LogP contribution in [0.4, 0.5) is 0 Å². The molecule has 1 aromatic heterocycles. The van der Waals surface area contributed by atoms with Crippen LogP contribution in [0, 0.1) is 0 Å². The van der Waals surface area contributed by atoms with Crippen molar-refractivity contribution >= 4 is 28.4 Å². The van der Waals surface area contributed by atoms with Gasteiger partial charge in [0.05, 0.1) is 17.6 Å². The number of halogens is 1. The third-order valence-corrected chi connectivity index (χ3v) is 2.47. The van der Waals surface area contributed by atoms with Crippen molar-refractivity contribution in [2.24, 2.45) is 0 Å². The van der Waals surface area contributed by atoms with Crippen LogP contribution < -0.4 is 5.32 Å². The summed E-state index contributed by atoms with van der Waals surface area (Å²) in [6.07, 6.45) is 1.62. The molecular weight excluding hydrogens is 236 g/mol. The molecule has 4 heteroatoms. The van der Waals surface area contributed by atoms with Crippen molar-refractivity contribution in [3.8, 4) is 0 Å². The Labute approximate surface area is 104 Å². The maximum atomic E-state index is 11.9. The van der Waals surface area contributed by atoms with Gasteiger partial charge in [-0.2, -0.15) is 0 Å². The van der Waals surface area contributed by atoms with Crippen molar-refractivity contribution in [1.82, 2.24) is 10.3 Å². The maximum Gasteiger partial charge on any atom is 0.252 e. The molecule has 0 bridgehead atoms. The molecule has 1 aromatic carbocycles. The molecule has 3 nitrogen and oxygen atoms in total. The average Bonchev–Trinajstić information content (AvgIpc) is 2.35. The smallest absolute Gasteiger partial charge is 0.252 e. The number of pyridine rings is 1. The van der Waals surface area contributed by atoms with E-state index in [1.54, 1.807) is 12.3 Å². The fourth-order valence-electron chi connectivity index (χ4n) is 1.57. The van der Waals surface area contributed by atoms with Gasteiger partial charge in [0.1, 0.15) is 0 Å². The van der Waals surface area contributed by atoms with E-state index >= 15 is 0 Å². The lowest BCUT2D eigenvalue weighted by atomic mass is 10.1. The van der Waals surface area contributed by atoms with E-state index in [2.05, 4.69) is 16.9 Å². The number of nitrogens with one attached hydrogen (secondary N) is 1. The van der Waals surface area contributed by atoms with Gasteiger partial charge >= 0.3 is 0 Å². The van der Waals surface area contributed by atoms with E-state index in [1.165, 1.54) is 0 Å². The van der Waals surface area contributed by atoms with Crippen LogP contribution in [0.15, 0.2) is 48.1 Å². The molecule has 1 N–H and O–H groups in total. The van der Waals surface area contributed by atoms with Crippen LogP contribution in [0.5, 0.6) is 0 Å². The third-order valence-electron chi connectivity index (χ3n) is 2.33. The molecule has 0 radical (unpaired) electrons. The van der Waals surface area contributed by atoms with Crippen LogP contribution >= 0.6 is 11.6 Å². The number of benzene rings is 1. The van der Waals surface area contributed by atoms with Gasteiger partial charge in [-0.05, 0) is 12.1 Å². The summed E-state index contributed by atoms with van der Waals surface area (Å²) in [6.45, 7) is 3.78. The maximum absolute atomic E-state index is 11.9. The van der Waals surface area contributed by atoms with E-state index < -0.39 is 0 Å². The molecule has 0 aliphatic heterocycles. The largest absolute Gasteiger partial charge is 0.347 e. The van der Waals surface area contributed by atoms with E-state index in [0.29, 0.717) is 10.6 Å². The average molecular weight is 247 g/mol. The van der Waals surface area contributed by atoms with Crippen molar-refractivity contribution in [2.45, 2.75) is 0 Å². The molecular formula is C13H11ClN2O. The number of hydrogen-bond donors (Lipinski definition) is 1. The number of fused-ring (bicyclic) bond motifs is 1. The second kappa shape index (κ2) is 4.97. The quantitative estimate of drug-likeness (QED) is 0.905. The number of nitrogens with zero attached hydrogens (tertiary/aromatic N) is 1. The minimum Gasteiger partial charge on any atom is -0.347 e. The Morgan fingerprint density at radius 3 is 2.88 bits per heavy atom. The summed E-state index contributed by atoms with van der Waals surface area (Å²) in [6, 6.07) is 9.19. The van der Waals surface area contributed by atoms with Crippen LogP contribution in [-0.2, 0) is 0 Å². The van der Waals surface area contributed by atoms with Gasteiger partial charge in [-0.25, -0.2) is 0 Å². The molecule has 1 amide bonds. The monoisotopic (exact) mass is 246 g/mol. The van der Waals surface area contributed by atoms with E-state index in [4.69, 9.17) is 11.6 Å². The van der Waals surface area contributed by atoms with Crippen LogP contribution in [0.25, 0.3) is 10.9 Å². The molecule has 0 aliphatic rings. The fourth-order valence-corrected chi connectivity index (χ4v) is 1.63. The number of para-hydroxylation sites is 1. The van der Waals surface area contributed by atoms with Crippen LogP contribution in [0.2, 0.25) is 0 Å². The molecule has 2 aromatic rings. The number of hydrogen-bond acceptors (Lipinski definition) is 2. The van der Waals surface area contributed by atoms with E-state index in [0.717, 1.165) is 10.9 Å². The molecule has 17 heavy (non-hydrogen) atoms. The number of amides is 1. The fraction of sp³-hybridized carbons (Fsp3) is 0.0769. The second-order valence-electron chi connectivity index (χ2n) is 3.58. The lowest BCUT2D eigenvalue weighted by Gasteiger charge is -2.06. The minimum absolute atomic E-state index is 0.176. The number of carbonyl (C=O) groups excluding carboxylic acids is 1. The predicted molar refractivity (Wildman–Crippen MR) is 69.1 cm³/mol. The second-order valence-corrected chi connectivity index (χ2v) is 4.11. The Morgan fingerprint density at radius 2 is 2.12 bits per heavy atom. The van der Waals surface area contributed by atoms with Gasteiger partial charge in [0, 0.05) is 16.6 Å². The van der Waals surface area contributed by atoms with E-state index in [1.807, 2.05) is 24.3 Å². The van der Waals surface area contributed by atoms with E-state index in [9.17, 15) is 4.79 Å². The summed E-state index contributed by atoms with van der Waals surface area (Å²) >= 11 is 5.61. The van der Waals surface area contributed by atoms with Gasteiger partial charge in [-0.15, -0.1) is 0 Å². The molecule has 0 spiro atoms. The van der Waals surface area contributed by atoms with Gasteiger partial charge in [-0.3, -0.25) is 9.78 Å². The third kappa shape index (κ3) is 2.63. The highest BCUT2D eigenvalue weighted by Crippen LogP contribution is 2.15. The van der Waals surface area contributed by atoms with Crippen LogP contribution in [-0.4, -0.2) is 17.4 Å².